The van der Waals surface area contributed by atoms with Gasteiger partial charge in [-0.05, 0) is 11.6 Å². The van der Waals surface area contributed by atoms with E-state index >= 15 is 0 Å². The molecule has 0 aromatic carbocycles. The van der Waals surface area contributed by atoms with E-state index in [2.05, 4.69) is 15.3 Å². The first-order valence-corrected chi connectivity index (χ1v) is 3.73. The zero-order valence-electron chi connectivity index (χ0n) is 6.68. The first kappa shape index (κ1) is 9.91. The van der Waals surface area contributed by atoms with Gasteiger partial charge in [-0.15, -0.1) is 0 Å². The Balaban J connectivity index is 3.27. The fourth-order valence-corrected chi connectivity index (χ4v) is 0.991. The van der Waals surface area contributed by atoms with Crippen molar-refractivity contribution in [3.8, 4) is 0 Å². The number of nitrogen functional groups attached to an aromatic ring is 1. The minimum Gasteiger partial charge on any atom is -0.394 e. The van der Waals surface area contributed by atoms with Gasteiger partial charge in [0.2, 0.25) is 5.28 Å². The van der Waals surface area contributed by atoms with Crippen LogP contribution in [-0.2, 0) is 0 Å². The number of nitrogens with zero attached hydrogens (tertiary/aromatic N) is 2. The molecule has 1 rings (SSSR count). The van der Waals surface area contributed by atoms with Gasteiger partial charge in [0.1, 0.15) is 11.4 Å². The third-order valence-corrected chi connectivity index (χ3v) is 1.56. The average molecular weight is 209 g/mol. The molecule has 0 bridgehead atoms. The molecule has 0 spiro atoms. The number of anilines is 2. The van der Waals surface area contributed by atoms with Crippen molar-refractivity contribution >= 4 is 23.1 Å². The predicted octanol–water partition coefficient (Wildman–Crippen LogP) is 1.69. The highest BCUT2D eigenvalue weighted by Gasteiger charge is 2.17. The summed E-state index contributed by atoms with van der Waals surface area (Å²) < 4.78 is 24.5. The highest BCUT2D eigenvalue weighted by atomic mass is 35.5. The van der Waals surface area contributed by atoms with Crippen LogP contribution in [0.5, 0.6) is 0 Å². The zero-order chi connectivity index (χ0) is 10.0. The molecule has 0 aliphatic heterocycles. The second kappa shape index (κ2) is 3.69. The Bertz CT molecular complexity index is 318. The van der Waals surface area contributed by atoms with E-state index in [1.807, 2.05) is 0 Å². The molecule has 0 aliphatic carbocycles. The van der Waals surface area contributed by atoms with Crippen molar-refractivity contribution < 1.29 is 8.78 Å². The minimum absolute atomic E-state index is 0.107. The summed E-state index contributed by atoms with van der Waals surface area (Å²) in [5, 5.41) is 2.28. The second-order valence-corrected chi connectivity index (χ2v) is 2.53. The van der Waals surface area contributed by atoms with Crippen LogP contribution in [0.15, 0.2) is 0 Å². The van der Waals surface area contributed by atoms with E-state index in [4.69, 9.17) is 17.3 Å². The predicted molar refractivity (Wildman–Crippen MR) is 46.0 cm³/mol. The Kier molecular flexibility index (Phi) is 2.82. The van der Waals surface area contributed by atoms with Crippen molar-refractivity contribution in [2.45, 2.75) is 6.43 Å². The number of nitrogens with one attached hydrogen (secondary N) is 1. The van der Waals surface area contributed by atoms with Crippen LogP contribution in [0.4, 0.5) is 20.3 Å². The van der Waals surface area contributed by atoms with E-state index in [-0.39, 0.29) is 16.8 Å². The lowest BCUT2D eigenvalue weighted by Crippen LogP contribution is -2.06. The molecule has 72 valence electrons. The minimum atomic E-state index is -2.76. The van der Waals surface area contributed by atoms with Crippen molar-refractivity contribution in [3.05, 3.63) is 11.0 Å². The Morgan fingerprint density at radius 3 is 2.54 bits per heavy atom. The smallest absolute Gasteiger partial charge is 0.282 e. The quantitative estimate of drug-likeness (QED) is 0.726. The average Bonchev–Trinajstić information content (AvgIpc) is 2.08. The maximum atomic E-state index is 12.3. The summed E-state index contributed by atoms with van der Waals surface area (Å²) >= 11 is 5.39. The molecular weight excluding hydrogens is 202 g/mol. The van der Waals surface area contributed by atoms with Crippen LogP contribution in [0, 0.1) is 0 Å². The van der Waals surface area contributed by atoms with Crippen molar-refractivity contribution in [3.63, 3.8) is 0 Å². The van der Waals surface area contributed by atoms with Gasteiger partial charge in [0, 0.05) is 7.05 Å². The van der Waals surface area contributed by atoms with Crippen LogP contribution in [-0.4, -0.2) is 17.0 Å². The van der Waals surface area contributed by atoms with E-state index in [9.17, 15) is 8.78 Å². The first-order valence-electron chi connectivity index (χ1n) is 3.35. The molecule has 0 fully saturated rings. The van der Waals surface area contributed by atoms with Gasteiger partial charge < -0.3 is 11.1 Å². The first-order chi connectivity index (χ1) is 6.06. The molecule has 1 aromatic rings. The van der Waals surface area contributed by atoms with E-state index in [1.165, 1.54) is 7.05 Å². The fourth-order valence-electron chi connectivity index (χ4n) is 0.815. The van der Waals surface area contributed by atoms with E-state index in [1.54, 1.807) is 0 Å². The van der Waals surface area contributed by atoms with E-state index < -0.39 is 12.1 Å². The molecule has 0 amide bonds. The number of rotatable bonds is 2. The van der Waals surface area contributed by atoms with Crippen molar-refractivity contribution in [2.75, 3.05) is 18.1 Å². The lowest BCUT2D eigenvalue weighted by Gasteiger charge is -2.08. The zero-order valence-corrected chi connectivity index (χ0v) is 7.44. The molecule has 1 aromatic heterocycles. The summed E-state index contributed by atoms with van der Waals surface area (Å²) in [5.41, 5.74) is 4.61. The van der Waals surface area contributed by atoms with Crippen molar-refractivity contribution in [1.29, 1.82) is 0 Å². The van der Waals surface area contributed by atoms with Gasteiger partial charge >= 0.3 is 0 Å². The van der Waals surface area contributed by atoms with Gasteiger partial charge in [0.15, 0.2) is 5.82 Å². The number of hydrogen-bond donors (Lipinski definition) is 2. The molecule has 0 unspecified atom stereocenters. The Morgan fingerprint density at radius 1 is 1.46 bits per heavy atom. The maximum absolute atomic E-state index is 12.3. The van der Waals surface area contributed by atoms with Gasteiger partial charge in [-0.25, -0.2) is 13.8 Å². The highest BCUT2D eigenvalue weighted by Crippen LogP contribution is 2.28. The molecule has 0 saturated carbocycles. The standard InChI is InChI=1S/C6H7ClF2N4/c1-11-5-2(10)3(4(8)9)12-6(7)13-5/h4H,10H2,1H3,(H,11,12,13). The molecule has 0 atom stereocenters. The summed E-state index contributed by atoms with van der Waals surface area (Å²) in [5.74, 6) is 0.107. The molecule has 4 nitrogen and oxygen atoms in total. The summed E-state index contributed by atoms with van der Waals surface area (Å²) in [6.45, 7) is 0. The van der Waals surface area contributed by atoms with Gasteiger partial charge in [0.05, 0.1) is 0 Å². The van der Waals surface area contributed by atoms with Crippen molar-refractivity contribution in [1.82, 2.24) is 9.97 Å². The Morgan fingerprint density at radius 2 is 2.08 bits per heavy atom. The third kappa shape index (κ3) is 1.95. The summed E-state index contributed by atoms with van der Waals surface area (Å²) in [6.07, 6.45) is -2.76. The van der Waals surface area contributed by atoms with Crippen LogP contribution < -0.4 is 11.1 Å². The lowest BCUT2D eigenvalue weighted by molar-refractivity contribution is 0.147. The summed E-state index contributed by atoms with van der Waals surface area (Å²) in [7, 11) is 1.50. The largest absolute Gasteiger partial charge is 0.394 e. The van der Waals surface area contributed by atoms with Crippen LogP contribution in [0.3, 0.4) is 0 Å². The maximum Gasteiger partial charge on any atom is 0.282 e. The lowest BCUT2D eigenvalue weighted by atomic mass is 10.3. The van der Waals surface area contributed by atoms with Gasteiger partial charge in [-0.1, -0.05) is 0 Å². The van der Waals surface area contributed by atoms with Crippen LogP contribution >= 0.6 is 11.6 Å². The summed E-state index contributed by atoms with van der Waals surface area (Å²) in [6, 6.07) is 0. The number of nitrogens with two attached hydrogens (primary N) is 1. The SMILES string of the molecule is CNc1nc(Cl)nc(C(F)F)c1N. The van der Waals surface area contributed by atoms with Crippen molar-refractivity contribution in [2.24, 2.45) is 0 Å². The van der Waals surface area contributed by atoms with Crippen LogP contribution in [0.2, 0.25) is 5.28 Å². The highest BCUT2D eigenvalue weighted by molar-refractivity contribution is 6.28. The second-order valence-electron chi connectivity index (χ2n) is 2.19. The van der Waals surface area contributed by atoms with Gasteiger partial charge in [0.25, 0.3) is 6.43 Å². The monoisotopic (exact) mass is 208 g/mol. The van der Waals surface area contributed by atoms with Gasteiger partial charge in [-0.2, -0.15) is 4.98 Å². The fraction of sp³-hybridized carbons (Fsp3) is 0.333. The molecule has 7 heteroatoms. The van der Waals surface area contributed by atoms with Crippen LogP contribution in [0.25, 0.3) is 0 Å². The Labute approximate surface area is 78.1 Å². The van der Waals surface area contributed by atoms with Crippen LogP contribution in [0.1, 0.15) is 12.1 Å². The topological polar surface area (TPSA) is 63.8 Å². The molecular formula is C6H7ClF2N4. The molecule has 13 heavy (non-hydrogen) atoms. The molecule has 0 aliphatic rings. The number of aromatic nitrogens is 2. The summed E-state index contributed by atoms with van der Waals surface area (Å²) in [4.78, 5) is 6.94. The normalized spacial score (nSPS) is 10.5. The number of halogens is 3. The molecule has 3 N–H and O–H groups in total. The van der Waals surface area contributed by atoms with Gasteiger partial charge in [-0.3, -0.25) is 0 Å². The van der Waals surface area contributed by atoms with E-state index in [0.29, 0.717) is 0 Å². The molecule has 0 saturated heterocycles. The molecule has 0 radical (unpaired) electrons. The number of hydrogen-bond acceptors (Lipinski definition) is 4. The third-order valence-electron chi connectivity index (χ3n) is 1.39. The Hall–Kier alpha value is -1.17. The van der Waals surface area contributed by atoms with E-state index in [0.717, 1.165) is 0 Å². The number of alkyl halides is 2. The molecule has 1 heterocycles.